The highest BCUT2D eigenvalue weighted by Gasteiger charge is 2.15. The summed E-state index contributed by atoms with van der Waals surface area (Å²) in [6.45, 7) is 8.36. The molecule has 0 fully saturated rings. The number of hydrogen-bond donors (Lipinski definition) is 1. The number of amides is 1. The monoisotopic (exact) mass is 432 g/mol. The Morgan fingerprint density at radius 1 is 1.19 bits per heavy atom. The van der Waals surface area contributed by atoms with Gasteiger partial charge in [0.05, 0.1) is 17.8 Å². The Morgan fingerprint density at radius 3 is 2.48 bits per heavy atom. The molecule has 27 heavy (non-hydrogen) atoms. The molecule has 0 saturated heterocycles. The minimum absolute atomic E-state index is 0.0752. The Kier molecular flexibility index (Phi) is 7.02. The predicted octanol–water partition coefficient (Wildman–Crippen LogP) is 4.59. The molecule has 2 aromatic rings. The number of carbonyl (C=O) groups excluding carboxylic acids is 1. The molecule has 0 spiro atoms. The quantitative estimate of drug-likeness (QED) is 0.536. The molecule has 0 saturated carbocycles. The molecule has 1 amide bonds. The van der Waals surface area contributed by atoms with Crippen molar-refractivity contribution in [1.82, 2.24) is 5.43 Å². The van der Waals surface area contributed by atoms with E-state index in [0.29, 0.717) is 5.75 Å². The highest BCUT2D eigenvalue weighted by Crippen LogP contribution is 2.27. The van der Waals surface area contributed by atoms with E-state index in [1.165, 1.54) is 5.56 Å². The fourth-order valence-corrected chi connectivity index (χ4v) is 2.95. The van der Waals surface area contributed by atoms with Gasteiger partial charge in [0.15, 0.2) is 6.61 Å². The molecule has 1 N–H and O–H groups in total. The van der Waals surface area contributed by atoms with Crippen LogP contribution in [0.25, 0.3) is 0 Å². The van der Waals surface area contributed by atoms with Gasteiger partial charge in [-0.1, -0.05) is 32.9 Å². The molecule has 0 aliphatic carbocycles. The molecule has 0 aliphatic heterocycles. The first kappa shape index (κ1) is 21.0. The number of nitrogens with zero attached hydrogens (tertiary/aromatic N) is 1. The van der Waals surface area contributed by atoms with Crippen LogP contribution in [0, 0.1) is 6.92 Å². The molecule has 0 aliphatic rings. The largest absolute Gasteiger partial charge is 0.496 e. The lowest BCUT2D eigenvalue weighted by molar-refractivity contribution is -0.123. The maximum absolute atomic E-state index is 11.9. The van der Waals surface area contributed by atoms with Gasteiger partial charge < -0.3 is 9.47 Å². The Labute approximate surface area is 168 Å². The second kappa shape index (κ2) is 9.04. The lowest BCUT2D eigenvalue weighted by Crippen LogP contribution is -2.24. The molecule has 0 aromatic heterocycles. The molecule has 6 heteroatoms. The minimum Gasteiger partial charge on any atom is -0.496 e. The number of benzene rings is 2. The first-order valence-corrected chi connectivity index (χ1v) is 9.39. The summed E-state index contributed by atoms with van der Waals surface area (Å²) in [7, 11) is 1.60. The Hall–Kier alpha value is -2.34. The van der Waals surface area contributed by atoms with E-state index in [-0.39, 0.29) is 17.9 Å². The van der Waals surface area contributed by atoms with Crippen LogP contribution in [0.1, 0.15) is 37.5 Å². The summed E-state index contributed by atoms with van der Waals surface area (Å²) in [6.07, 6.45) is 1.56. The fourth-order valence-electron chi connectivity index (χ4n) is 2.40. The van der Waals surface area contributed by atoms with Gasteiger partial charge in [-0.2, -0.15) is 5.10 Å². The number of methoxy groups -OCH3 is 1. The van der Waals surface area contributed by atoms with Gasteiger partial charge in [-0.25, -0.2) is 5.43 Å². The molecule has 0 unspecified atom stereocenters. The number of aryl methyl sites for hydroxylation is 1. The highest BCUT2D eigenvalue weighted by molar-refractivity contribution is 9.10. The summed E-state index contributed by atoms with van der Waals surface area (Å²) in [5.74, 6) is 1.11. The van der Waals surface area contributed by atoms with E-state index >= 15 is 0 Å². The van der Waals surface area contributed by atoms with Crippen molar-refractivity contribution in [1.29, 1.82) is 0 Å². The van der Waals surface area contributed by atoms with Gasteiger partial charge in [-0.3, -0.25) is 4.79 Å². The highest BCUT2D eigenvalue weighted by atomic mass is 79.9. The van der Waals surface area contributed by atoms with Gasteiger partial charge in [0, 0.05) is 0 Å². The van der Waals surface area contributed by atoms with Gasteiger partial charge in [-0.15, -0.1) is 0 Å². The Balaban J connectivity index is 1.88. The van der Waals surface area contributed by atoms with Crippen molar-refractivity contribution in [2.75, 3.05) is 13.7 Å². The van der Waals surface area contributed by atoms with Crippen LogP contribution in [-0.4, -0.2) is 25.8 Å². The summed E-state index contributed by atoms with van der Waals surface area (Å²) in [5, 5.41) is 3.95. The lowest BCUT2D eigenvalue weighted by Gasteiger charge is -2.20. The maximum Gasteiger partial charge on any atom is 0.277 e. The third kappa shape index (κ3) is 6.10. The molecular formula is C21H25BrN2O3. The number of ether oxygens (including phenoxy) is 2. The first-order chi connectivity index (χ1) is 12.7. The van der Waals surface area contributed by atoms with E-state index in [4.69, 9.17) is 9.47 Å². The molecule has 0 heterocycles. The van der Waals surface area contributed by atoms with E-state index in [1.807, 2.05) is 37.3 Å². The van der Waals surface area contributed by atoms with E-state index in [2.05, 4.69) is 53.3 Å². The standard InChI is InChI=1S/C21H25BrN2O3/c1-14-10-16(21(2,3)4)7-9-18(14)27-13-20(25)24-23-12-15-6-8-19(26-5)17(22)11-15/h6-12H,13H2,1-5H3,(H,24,25)/b23-12+. The van der Waals surface area contributed by atoms with Crippen molar-refractivity contribution < 1.29 is 14.3 Å². The minimum atomic E-state index is -0.321. The van der Waals surface area contributed by atoms with E-state index in [1.54, 1.807) is 13.3 Å². The van der Waals surface area contributed by atoms with Crippen LogP contribution in [0.2, 0.25) is 0 Å². The normalized spacial score (nSPS) is 11.5. The average molecular weight is 433 g/mol. The molecular weight excluding hydrogens is 408 g/mol. The second-order valence-corrected chi connectivity index (χ2v) is 8.06. The van der Waals surface area contributed by atoms with Gasteiger partial charge in [-0.05, 0) is 69.2 Å². The predicted molar refractivity (Wildman–Crippen MR) is 112 cm³/mol. The maximum atomic E-state index is 11.9. The smallest absolute Gasteiger partial charge is 0.277 e. The zero-order valence-corrected chi connectivity index (χ0v) is 17.9. The number of hydrazone groups is 1. The summed E-state index contributed by atoms with van der Waals surface area (Å²) in [4.78, 5) is 11.9. The van der Waals surface area contributed by atoms with Crippen LogP contribution in [0.3, 0.4) is 0 Å². The van der Waals surface area contributed by atoms with Crippen LogP contribution >= 0.6 is 15.9 Å². The van der Waals surface area contributed by atoms with Crippen LogP contribution < -0.4 is 14.9 Å². The number of rotatable bonds is 6. The van der Waals surface area contributed by atoms with E-state index in [0.717, 1.165) is 21.3 Å². The van der Waals surface area contributed by atoms with Crippen LogP contribution in [0.15, 0.2) is 46.0 Å². The molecule has 0 radical (unpaired) electrons. The van der Waals surface area contributed by atoms with Crippen molar-refractivity contribution in [3.63, 3.8) is 0 Å². The average Bonchev–Trinajstić information content (AvgIpc) is 2.60. The summed E-state index contributed by atoms with van der Waals surface area (Å²) < 4.78 is 11.6. The third-order valence-electron chi connectivity index (χ3n) is 3.98. The Morgan fingerprint density at radius 2 is 1.89 bits per heavy atom. The zero-order valence-electron chi connectivity index (χ0n) is 16.3. The number of carbonyl (C=O) groups is 1. The van der Waals surface area contributed by atoms with Crippen molar-refractivity contribution >= 4 is 28.1 Å². The summed E-state index contributed by atoms with van der Waals surface area (Å²) in [6, 6.07) is 11.5. The molecule has 0 atom stereocenters. The molecule has 0 bridgehead atoms. The van der Waals surface area contributed by atoms with Crippen LogP contribution in [-0.2, 0) is 10.2 Å². The SMILES string of the molecule is COc1ccc(/C=N/NC(=O)COc2ccc(C(C)(C)C)cc2C)cc1Br. The van der Waals surface area contributed by atoms with Gasteiger partial charge in [0.1, 0.15) is 11.5 Å². The topological polar surface area (TPSA) is 59.9 Å². The lowest BCUT2D eigenvalue weighted by atomic mass is 9.86. The van der Waals surface area contributed by atoms with E-state index < -0.39 is 0 Å². The third-order valence-corrected chi connectivity index (χ3v) is 4.60. The Bertz CT molecular complexity index is 842. The first-order valence-electron chi connectivity index (χ1n) is 8.60. The van der Waals surface area contributed by atoms with Gasteiger partial charge in [0.2, 0.25) is 0 Å². The number of hydrogen-bond acceptors (Lipinski definition) is 4. The van der Waals surface area contributed by atoms with Crippen molar-refractivity contribution in [2.45, 2.75) is 33.1 Å². The van der Waals surface area contributed by atoms with Crippen molar-refractivity contribution in [2.24, 2.45) is 5.10 Å². The second-order valence-electron chi connectivity index (χ2n) is 7.21. The van der Waals surface area contributed by atoms with Gasteiger partial charge in [0.25, 0.3) is 5.91 Å². The van der Waals surface area contributed by atoms with E-state index in [9.17, 15) is 4.79 Å². The molecule has 5 nitrogen and oxygen atoms in total. The van der Waals surface area contributed by atoms with Crippen LogP contribution in [0.5, 0.6) is 11.5 Å². The van der Waals surface area contributed by atoms with Gasteiger partial charge >= 0.3 is 0 Å². The molecule has 2 rings (SSSR count). The van der Waals surface area contributed by atoms with Crippen molar-refractivity contribution in [3.8, 4) is 11.5 Å². The summed E-state index contributed by atoms with van der Waals surface area (Å²) >= 11 is 3.41. The summed E-state index contributed by atoms with van der Waals surface area (Å²) in [5.41, 5.74) is 5.60. The zero-order chi connectivity index (χ0) is 20.0. The molecule has 2 aromatic carbocycles. The van der Waals surface area contributed by atoms with Crippen molar-refractivity contribution in [3.05, 3.63) is 57.6 Å². The number of nitrogens with one attached hydrogen (secondary N) is 1. The number of halogens is 1. The van der Waals surface area contributed by atoms with Crippen LogP contribution in [0.4, 0.5) is 0 Å². The molecule has 144 valence electrons. The fraction of sp³-hybridized carbons (Fsp3) is 0.333.